The molecule has 0 aromatic rings. The van der Waals surface area contributed by atoms with Crippen molar-refractivity contribution in [3.63, 3.8) is 0 Å². The zero-order valence-electron chi connectivity index (χ0n) is 13.0. The molecule has 0 spiro atoms. The number of aliphatic hydroxyl groups is 1. The van der Waals surface area contributed by atoms with Gasteiger partial charge in [0.15, 0.2) is 0 Å². The van der Waals surface area contributed by atoms with Gasteiger partial charge in [-0.3, -0.25) is 0 Å². The van der Waals surface area contributed by atoms with Crippen molar-refractivity contribution < 1.29 is 5.11 Å². The Kier molecular flexibility index (Phi) is 4.59. The zero-order valence-corrected chi connectivity index (χ0v) is 13.0. The fourth-order valence-corrected chi connectivity index (χ4v) is 3.89. The van der Waals surface area contributed by atoms with Crippen LogP contribution in [0, 0.1) is 17.3 Å². The first-order chi connectivity index (χ1) is 8.85. The molecule has 0 radical (unpaired) electrons. The van der Waals surface area contributed by atoms with Gasteiger partial charge in [0.1, 0.15) is 0 Å². The van der Waals surface area contributed by atoms with Crippen LogP contribution in [0.25, 0.3) is 0 Å². The van der Waals surface area contributed by atoms with Gasteiger partial charge >= 0.3 is 0 Å². The minimum Gasteiger partial charge on any atom is -0.388 e. The average molecular weight is 268 g/mol. The van der Waals surface area contributed by atoms with Crippen molar-refractivity contribution in [3.05, 3.63) is 0 Å². The quantitative estimate of drug-likeness (QED) is 0.822. The van der Waals surface area contributed by atoms with Crippen molar-refractivity contribution in [2.45, 2.75) is 58.5 Å². The Hall–Kier alpha value is -0.120. The molecule has 0 amide bonds. The lowest BCUT2D eigenvalue weighted by Crippen LogP contribution is -2.42. The third kappa shape index (κ3) is 3.50. The fourth-order valence-electron chi connectivity index (χ4n) is 3.89. The van der Waals surface area contributed by atoms with Gasteiger partial charge in [-0.2, -0.15) is 0 Å². The van der Waals surface area contributed by atoms with Crippen LogP contribution in [0.15, 0.2) is 0 Å². The summed E-state index contributed by atoms with van der Waals surface area (Å²) < 4.78 is 0. The minimum atomic E-state index is -0.566. The van der Waals surface area contributed by atoms with Gasteiger partial charge in [-0.15, -0.1) is 0 Å². The van der Waals surface area contributed by atoms with Crippen LogP contribution < -0.4 is 5.73 Å². The van der Waals surface area contributed by atoms with E-state index in [1.807, 2.05) is 0 Å². The van der Waals surface area contributed by atoms with E-state index in [-0.39, 0.29) is 0 Å². The molecule has 3 atom stereocenters. The number of hydrogen-bond acceptors (Lipinski definition) is 3. The lowest BCUT2D eigenvalue weighted by molar-refractivity contribution is 0.00502. The molecule has 1 aliphatic heterocycles. The van der Waals surface area contributed by atoms with E-state index >= 15 is 0 Å². The maximum absolute atomic E-state index is 10.5. The molecule has 1 saturated heterocycles. The molecule has 2 rings (SSSR count). The van der Waals surface area contributed by atoms with Crippen LogP contribution in [-0.2, 0) is 0 Å². The predicted molar refractivity (Wildman–Crippen MR) is 80.0 cm³/mol. The van der Waals surface area contributed by atoms with Crippen LogP contribution in [0.2, 0.25) is 0 Å². The molecule has 2 fully saturated rings. The normalized spacial score (nSPS) is 37.1. The number of nitrogens with two attached hydrogens (primary N) is 1. The van der Waals surface area contributed by atoms with E-state index in [0.29, 0.717) is 17.9 Å². The van der Waals surface area contributed by atoms with Gasteiger partial charge in [-0.05, 0) is 56.0 Å². The van der Waals surface area contributed by atoms with E-state index in [2.05, 4.69) is 25.7 Å². The van der Waals surface area contributed by atoms with Crippen LogP contribution in [0.3, 0.4) is 0 Å². The molecular weight excluding hydrogens is 236 g/mol. The van der Waals surface area contributed by atoms with E-state index in [0.717, 1.165) is 38.1 Å². The number of likely N-dealkylation sites (tertiary alicyclic amines) is 1. The van der Waals surface area contributed by atoms with Gasteiger partial charge in [-0.1, -0.05) is 27.2 Å². The molecule has 1 saturated carbocycles. The maximum Gasteiger partial charge on any atom is 0.0797 e. The van der Waals surface area contributed by atoms with Gasteiger partial charge < -0.3 is 15.7 Å². The fraction of sp³-hybridized carbons (Fsp3) is 1.00. The molecular formula is C16H32N2O. The summed E-state index contributed by atoms with van der Waals surface area (Å²) in [6.45, 7) is 11.1. The maximum atomic E-state index is 10.5. The highest BCUT2D eigenvalue weighted by molar-refractivity contribution is 4.94. The van der Waals surface area contributed by atoms with Gasteiger partial charge in [-0.25, -0.2) is 0 Å². The van der Waals surface area contributed by atoms with Crippen LogP contribution >= 0.6 is 0 Å². The average Bonchev–Trinajstić information content (AvgIpc) is 2.93. The van der Waals surface area contributed by atoms with Crippen LogP contribution in [0.1, 0.15) is 52.9 Å². The monoisotopic (exact) mass is 268 g/mol. The Bertz CT molecular complexity index is 300. The van der Waals surface area contributed by atoms with Crippen molar-refractivity contribution in [3.8, 4) is 0 Å². The molecule has 0 bridgehead atoms. The summed E-state index contributed by atoms with van der Waals surface area (Å²) in [5.41, 5.74) is 5.62. The van der Waals surface area contributed by atoms with Crippen LogP contribution in [0.4, 0.5) is 0 Å². The molecule has 112 valence electrons. The largest absolute Gasteiger partial charge is 0.388 e. The van der Waals surface area contributed by atoms with E-state index in [4.69, 9.17) is 5.73 Å². The highest BCUT2D eigenvalue weighted by Gasteiger charge is 2.40. The van der Waals surface area contributed by atoms with Crippen molar-refractivity contribution in [1.82, 2.24) is 4.90 Å². The Labute approximate surface area is 118 Å². The molecule has 19 heavy (non-hydrogen) atoms. The van der Waals surface area contributed by atoms with E-state index in [1.54, 1.807) is 0 Å². The summed E-state index contributed by atoms with van der Waals surface area (Å²) in [6.07, 6.45) is 5.64. The Balaban J connectivity index is 1.78. The molecule has 3 heteroatoms. The predicted octanol–water partition coefficient (Wildman–Crippen LogP) is 2.23. The van der Waals surface area contributed by atoms with Gasteiger partial charge in [0.2, 0.25) is 0 Å². The lowest BCUT2D eigenvalue weighted by Gasteiger charge is -2.30. The second-order valence-electron chi connectivity index (χ2n) is 7.84. The summed E-state index contributed by atoms with van der Waals surface area (Å²) in [5.74, 6) is 1.25. The number of hydrogen-bond donors (Lipinski definition) is 2. The molecule has 3 N–H and O–H groups in total. The van der Waals surface area contributed by atoms with Crippen molar-refractivity contribution in [1.29, 1.82) is 0 Å². The van der Waals surface area contributed by atoms with Gasteiger partial charge in [0.05, 0.1) is 5.60 Å². The molecule has 0 aromatic heterocycles. The number of rotatable bonds is 4. The minimum absolute atomic E-state index is 0.422. The van der Waals surface area contributed by atoms with Crippen molar-refractivity contribution >= 4 is 0 Å². The smallest absolute Gasteiger partial charge is 0.0797 e. The summed E-state index contributed by atoms with van der Waals surface area (Å²) in [5, 5.41) is 10.5. The summed E-state index contributed by atoms with van der Waals surface area (Å²) in [4.78, 5) is 2.59. The third-order valence-electron chi connectivity index (χ3n) is 5.57. The first-order valence-electron chi connectivity index (χ1n) is 8.00. The zero-order chi connectivity index (χ0) is 14.1. The molecule has 1 aliphatic carbocycles. The van der Waals surface area contributed by atoms with Gasteiger partial charge in [0, 0.05) is 13.1 Å². The highest BCUT2D eigenvalue weighted by atomic mass is 16.3. The highest BCUT2D eigenvalue weighted by Crippen LogP contribution is 2.38. The van der Waals surface area contributed by atoms with Crippen molar-refractivity contribution in [2.24, 2.45) is 23.0 Å². The van der Waals surface area contributed by atoms with Crippen LogP contribution in [-0.4, -0.2) is 41.8 Å². The van der Waals surface area contributed by atoms with Gasteiger partial charge in [0.25, 0.3) is 0 Å². The van der Waals surface area contributed by atoms with Crippen LogP contribution in [0.5, 0.6) is 0 Å². The molecule has 0 aromatic carbocycles. The Morgan fingerprint density at radius 3 is 2.63 bits per heavy atom. The first kappa shape index (κ1) is 15.3. The molecule has 3 nitrogen and oxygen atoms in total. The first-order valence-corrected chi connectivity index (χ1v) is 8.00. The molecule has 2 aliphatic rings. The van der Waals surface area contributed by atoms with E-state index in [1.165, 1.54) is 19.5 Å². The number of nitrogens with zero attached hydrogens (tertiary/aromatic N) is 1. The molecule has 1 heterocycles. The summed E-state index contributed by atoms with van der Waals surface area (Å²) in [7, 11) is 0. The Morgan fingerprint density at radius 1 is 1.32 bits per heavy atom. The summed E-state index contributed by atoms with van der Waals surface area (Å²) in [6, 6.07) is 0. The Morgan fingerprint density at radius 2 is 2.05 bits per heavy atom. The standard InChI is InChI=1S/C16H32N2O/c1-15(2,3)14-7-10-18(11-14)9-6-13-5-4-8-16(13,19)12-17/h13-14,19H,4-12,17H2,1-3H3. The van der Waals surface area contributed by atoms with E-state index in [9.17, 15) is 5.11 Å². The second-order valence-corrected chi connectivity index (χ2v) is 7.84. The summed E-state index contributed by atoms with van der Waals surface area (Å²) >= 11 is 0. The molecule has 3 unspecified atom stereocenters. The second kappa shape index (κ2) is 5.71. The topological polar surface area (TPSA) is 49.5 Å². The SMILES string of the molecule is CC(C)(C)C1CCN(CCC2CCCC2(O)CN)C1. The van der Waals surface area contributed by atoms with E-state index < -0.39 is 5.60 Å². The lowest BCUT2D eigenvalue weighted by atomic mass is 9.80. The third-order valence-corrected chi connectivity index (χ3v) is 5.57. The van der Waals surface area contributed by atoms with Crippen molar-refractivity contribution in [2.75, 3.05) is 26.2 Å².